The van der Waals surface area contributed by atoms with Gasteiger partial charge in [-0.15, -0.1) is 5.10 Å². The molecular weight excluding hydrogens is 412 g/mol. The minimum absolute atomic E-state index is 0.161. The molecule has 0 unspecified atom stereocenters. The van der Waals surface area contributed by atoms with Crippen molar-refractivity contribution in [1.82, 2.24) is 19.5 Å². The van der Waals surface area contributed by atoms with Crippen molar-refractivity contribution in [2.75, 3.05) is 49.1 Å². The summed E-state index contributed by atoms with van der Waals surface area (Å²) in [6.07, 6.45) is 2.34. The van der Waals surface area contributed by atoms with E-state index in [4.69, 9.17) is 5.10 Å². The van der Waals surface area contributed by atoms with Gasteiger partial charge in [-0.3, -0.25) is 9.59 Å². The quantitative estimate of drug-likeness (QED) is 0.625. The van der Waals surface area contributed by atoms with E-state index in [1.54, 1.807) is 4.52 Å². The molecule has 0 aliphatic carbocycles. The molecule has 3 aromatic rings. The van der Waals surface area contributed by atoms with Crippen LogP contribution in [0.1, 0.15) is 30.3 Å². The number of piperidine rings is 1. The first kappa shape index (κ1) is 20.0. The van der Waals surface area contributed by atoms with Crippen LogP contribution in [0.5, 0.6) is 0 Å². The summed E-state index contributed by atoms with van der Waals surface area (Å²) in [6.45, 7) is 6.85. The number of para-hydroxylation sites is 1. The Kier molecular flexibility index (Phi) is 5.35. The van der Waals surface area contributed by atoms with Crippen molar-refractivity contribution in [2.24, 2.45) is 5.92 Å². The number of carbonyl (C=O) groups is 1. The Morgan fingerprint density at radius 3 is 2.58 bits per heavy atom. The van der Waals surface area contributed by atoms with Crippen molar-refractivity contribution in [3.05, 3.63) is 52.4 Å². The third-order valence-electron chi connectivity index (χ3n) is 6.08. The number of aromatic nitrogens is 3. The lowest BCUT2D eigenvalue weighted by molar-refractivity contribution is 0.0737. The van der Waals surface area contributed by atoms with Gasteiger partial charge in [0.2, 0.25) is 10.1 Å². The van der Waals surface area contributed by atoms with Crippen LogP contribution in [0.4, 0.5) is 10.8 Å². The Labute approximate surface area is 184 Å². The average molecular weight is 439 g/mol. The molecule has 0 N–H and O–H groups in total. The van der Waals surface area contributed by atoms with Crippen LogP contribution in [0.25, 0.3) is 4.96 Å². The number of carbonyl (C=O) groups excluding carboxylic acids is 1. The van der Waals surface area contributed by atoms with E-state index in [-0.39, 0.29) is 5.91 Å². The van der Waals surface area contributed by atoms with E-state index in [9.17, 15) is 9.59 Å². The maximum absolute atomic E-state index is 13.3. The van der Waals surface area contributed by atoms with Gasteiger partial charge < -0.3 is 14.7 Å². The van der Waals surface area contributed by atoms with E-state index in [0.29, 0.717) is 29.7 Å². The Hall–Kier alpha value is -2.94. The number of rotatable bonds is 3. The maximum atomic E-state index is 13.3. The van der Waals surface area contributed by atoms with Gasteiger partial charge in [-0.05, 0) is 30.9 Å². The van der Waals surface area contributed by atoms with Crippen molar-refractivity contribution in [2.45, 2.75) is 19.8 Å². The molecule has 2 fully saturated rings. The molecule has 5 rings (SSSR count). The van der Waals surface area contributed by atoms with Crippen LogP contribution in [0.2, 0.25) is 0 Å². The number of benzene rings is 1. The van der Waals surface area contributed by atoms with E-state index in [1.807, 2.05) is 23.1 Å². The SMILES string of the molecule is C[C@@H]1CCCN(c2nn3c(C(=O)N4CCN(c5ccccc5)CC4)cc(=O)nc3s2)C1. The Balaban J connectivity index is 1.38. The molecule has 1 aromatic carbocycles. The Morgan fingerprint density at radius 1 is 1.06 bits per heavy atom. The van der Waals surface area contributed by atoms with Crippen molar-refractivity contribution >= 4 is 33.0 Å². The van der Waals surface area contributed by atoms with Crippen LogP contribution in [-0.4, -0.2) is 64.7 Å². The van der Waals surface area contributed by atoms with Crippen molar-refractivity contribution in [1.29, 1.82) is 0 Å². The zero-order chi connectivity index (χ0) is 21.4. The highest BCUT2D eigenvalue weighted by molar-refractivity contribution is 7.20. The lowest BCUT2D eigenvalue weighted by Crippen LogP contribution is -2.49. The topological polar surface area (TPSA) is 74.1 Å². The molecule has 4 heterocycles. The largest absolute Gasteiger partial charge is 0.368 e. The molecular formula is C22H26N6O2S. The average Bonchev–Trinajstić information content (AvgIpc) is 3.23. The first-order chi connectivity index (χ1) is 15.1. The second kappa shape index (κ2) is 8.30. The third-order valence-corrected chi connectivity index (χ3v) is 7.05. The molecule has 9 heteroatoms. The zero-order valence-corrected chi connectivity index (χ0v) is 18.4. The van der Waals surface area contributed by atoms with Crippen LogP contribution in [0.3, 0.4) is 0 Å². The molecule has 2 saturated heterocycles. The van der Waals surface area contributed by atoms with Gasteiger partial charge >= 0.3 is 0 Å². The molecule has 0 saturated carbocycles. The van der Waals surface area contributed by atoms with Gasteiger partial charge in [0.25, 0.3) is 11.5 Å². The molecule has 0 radical (unpaired) electrons. The zero-order valence-electron chi connectivity index (χ0n) is 17.6. The normalized spacial score (nSPS) is 19.8. The highest BCUT2D eigenvalue weighted by Crippen LogP contribution is 2.27. The van der Waals surface area contributed by atoms with Crippen LogP contribution < -0.4 is 15.4 Å². The maximum Gasteiger partial charge on any atom is 0.274 e. The first-order valence-corrected chi connectivity index (χ1v) is 11.7. The lowest BCUT2D eigenvalue weighted by atomic mass is 10.0. The summed E-state index contributed by atoms with van der Waals surface area (Å²) in [6, 6.07) is 11.5. The van der Waals surface area contributed by atoms with Crippen LogP contribution in [0, 0.1) is 5.92 Å². The lowest BCUT2D eigenvalue weighted by Gasteiger charge is -2.36. The summed E-state index contributed by atoms with van der Waals surface area (Å²) in [4.78, 5) is 36.5. The Bertz CT molecular complexity index is 1140. The summed E-state index contributed by atoms with van der Waals surface area (Å²) in [7, 11) is 0. The number of piperazine rings is 1. The fraction of sp³-hybridized carbons (Fsp3) is 0.455. The number of anilines is 2. The third kappa shape index (κ3) is 4.01. The molecule has 2 aliphatic rings. The first-order valence-electron chi connectivity index (χ1n) is 10.8. The standard InChI is InChI=1S/C22H26N6O2S/c1-16-6-5-9-27(15-16)22-24-28-18(14-19(29)23-21(28)31-22)20(30)26-12-10-25(11-13-26)17-7-3-2-4-8-17/h2-4,7-8,14,16H,5-6,9-13,15H2,1H3/t16-/m1/s1. The molecule has 0 bridgehead atoms. The van der Waals surface area contributed by atoms with Gasteiger partial charge in [0.15, 0.2) is 0 Å². The molecule has 1 atom stereocenters. The van der Waals surface area contributed by atoms with E-state index in [1.165, 1.54) is 23.8 Å². The monoisotopic (exact) mass is 438 g/mol. The highest BCUT2D eigenvalue weighted by atomic mass is 32.1. The summed E-state index contributed by atoms with van der Waals surface area (Å²) in [5.74, 6) is 0.446. The molecule has 0 spiro atoms. The fourth-order valence-electron chi connectivity index (χ4n) is 4.42. The van der Waals surface area contributed by atoms with Crippen LogP contribution in [-0.2, 0) is 0 Å². The molecule has 2 aromatic heterocycles. The fourth-order valence-corrected chi connectivity index (χ4v) is 5.36. The van der Waals surface area contributed by atoms with E-state index >= 15 is 0 Å². The minimum Gasteiger partial charge on any atom is -0.368 e. The summed E-state index contributed by atoms with van der Waals surface area (Å²) >= 11 is 1.38. The van der Waals surface area contributed by atoms with Gasteiger partial charge in [0.05, 0.1) is 0 Å². The van der Waals surface area contributed by atoms with Crippen molar-refractivity contribution in [3.8, 4) is 0 Å². The summed E-state index contributed by atoms with van der Waals surface area (Å²) in [5.41, 5.74) is 1.07. The molecule has 162 valence electrons. The van der Waals surface area contributed by atoms with Crippen LogP contribution >= 0.6 is 11.3 Å². The smallest absolute Gasteiger partial charge is 0.274 e. The second-order valence-electron chi connectivity index (χ2n) is 8.37. The summed E-state index contributed by atoms with van der Waals surface area (Å²) in [5, 5.41) is 5.52. The number of hydrogen-bond donors (Lipinski definition) is 0. The minimum atomic E-state index is -0.395. The van der Waals surface area contributed by atoms with Gasteiger partial charge in [-0.25, -0.2) is 0 Å². The van der Waals surface area contributed by atoms with E-state index in [0.717, 1.165) is 43.4 Å². The summed E-state index contributed by atoms with van der Waals surface area (Å²) < 4.78 is 1.56. The van der Waals surface area contributed by atoms with Gasteiger partial charge in [0, 0.05) is 51.0 Å². The van der Waals surface area contributed by atoms with E-state index < -0.39 is 5.56 Å². The predicted octanol–water partition coefficient (Wildman–Crippen LogP) is 2.35. The predicted molar refractivity (Wildman–Crippen MR) is 122 cm³/mol. The van der Waals surface area contributed by atoms with Gasteiger partial charge in [-0.2, -0.15) is 9.50 Å². The van der Waals surface area contributed by atoms with Crippen LogP contribution in [0.15, 0.2) is 41.2 Å². The Morgan fingerprint density at radius 2 is 1.84 bits per heavy atom. The number of fused-ring (bicyclic) bond motifs is 1. The number of amides is 1. The number of hydrogen-bond acceptors (Lipinski definition) is 7. The van der Waals surface area contributed by atoms with Gasteiger partial charge in [-0.1, -0.05) is 36.5 Å². The molecule has 2 aliphatic heterocycles. The molecule has 31 heavy (non-hydrogen) atoms. The molecule has 1 amide bonds. The van der Waals surface area contributed by atoms with Crippen molar-refractivity contribution < 1.29 is 4.79 Å². The van der Waals surface area contributed by atoms with Gasteiger partial charge in [0.1, 0.15) is 5.69 Å². The van der Waals surface area contributed by atoms with E-state index in [2.05, 4.69) is 33.8 Å². The molecule has 8 nitrogen and oxygen atoms in total. The second-order valence-corrected chi connectivity index (χ2v) is 9.30. The van der Waals surface area contributed by atoms with Crippen molar-refractivity contribution in [3.63, 3.8) is 0 Å². The highest BCUT2D eigenvalue weighted by Gasteiger charge is 2.27. The number of nitrogens with zero attached hydrogens (tertiary/aromatic N) is 6.